The monoisotopic (exact) mass is 334 g/mol. The number of halogens is 1. The van der Waals surface area contributed by atoms with Gasteiger partial charge in [-0.25, -0.2) is 0 Å². The average Bonchev–Trinajstić information content (AvgIpc) is 2.54. The summed E-state index contributed by atoms with van der Waals surface area (Å²) in [6, 6.07) is 15.6. The van der Waals surface area contributed by atoms with E-state index in [4.69, 9.17) is 4.74 Å². The normalized spacial score (nSPS) is 9.83. The highest BCUT2D eigenvalue weighted by molar-refractivity contribution is 5.85. The highest BCUT2D eigenvalue weighted by atomic mass is 35.5. The van der Waals surface area contributed by atoms with Gasteiger partial charge in [0.1, 0.15) is 11.5 Å². The Hall–Kier alpha value is -2.04. The van der Waals surface area contributed by atoms with Gasteiger partial charge in [-0.3, -0.25) is 4.79 Å². The lowest BCUT2D eigenvalue weighted by atomic mass is 10.2. The number of rotatable bonds is 7. The maximum absolute atomic E-state index is 11.7. The number of para-hydroxylation sites is 1. The molecule has 4 nitrogen and oxygen atoms in total. The third kappa shape index (κ3) is 6.30. The van der Waals surface area contributed by atoms with Crippen molar-refractivity contribution in [3.63, 3.8) is 0 Å². The van der Waals surface area contributed by atoms with Crippen LogP contribution in [0, 0.1) is 6.92 Å². The van der Waals surface area contributed by atoms with E-state index in [1.807, 2.05) is 62.5 Å². The van der Waals surface area contributed by atoms with Crippen molar-refractivity contribution in [3.8, 4) is 11.5 Å². The van der Waals surface area contributed by atoms with E-state index in [1.165, 1.54) is 5.56 Å². The van der Waals surface area contributed by atoms with Crippen molar-refractivity contribution in [1.82, 2.24) is 10.6 Å². The van der Waals surface area contributed by atoms with Crippen LogP contribution in [0.2, 0.25) is 0 Å². The van der Waals surface area contributed by atoms with E-state index in [0.29, 0.717) is 19.5 Å². The SMILES string of the molecule is CNCCC(=O)NCc1ccccc1Oc1ccc(C)cc1.Cl. The Balaban J connectivity index is 0.00000264. The van der Waals surface area contributed by atoms with Crippen LogP contribution in [0.25, 0.3) is 0 Å². The zero-order valence-corrected chi connectivity index (χ0v) is 14.3. The first kappa shape index (κ1) is 19.0. The minimum absolute atomic E-state index is 0. The molecule has 0 atom stereocenters. The quantitative estimate of drug-likeness (QED) is 0.815. The summed E-state index contributed by atoms with van der Waals surface area (Å²) in [4.78, 5) is 11.7. The highest BCUT2D eigenvalue weighted by Gasteiger charge is 2.06. The number of hydrogen-bond donors (Lipinski definition) is 2. The van der Waals surface area contributed by atoms with Crippen molar-refractivity contribution in [3.05, 3.63) is 59.7 Å². The summed E-state index contributed by atoms with van der Waals surface area (Å²) in [5.41, 5.74) is 2.15. The van der Waals surface area contributed by atoms with Gasteiger partial charge in [0, 0.05) is 25.1 Å². The fourth-order valence-corrected chi connectivity index (χ4v) is 2.00. The van der Waals surface area contributed by atoms with Crippen LogP contribution >= 0.6 is 12.4 Å². The first-order valence-electron chi connectivity index (χ1n) is 7.43. The fourth-order valence-electron chi connectivity index (χ4n) is 2.00. The van der Waals surface area contributed by atoms with E-state index >= 15 is 0 Å². The van der Waals surface area contributed by atoms with Crippen LogP contribution < -0.4 is 15.4 Å². The topological polar surface area (TPSA) is 50.4 Å². The Morgan fingerprint density at radius 1 is 1.09 bits per heavy atom. The van der Waals surface area contributed by atoms with E-state index in [-0.39, 0.29) is 18.3 Å². The number of carbonyl (C=O) groups is 1. The molecule has 2 N–H and O–H groups in total. The van der Waals surface area contributed by atoms with Crippen molar-refractivity contribution in [2.75, 3.05) is 13.6 Å². The van der Waals surface area contributed by atoms with E-state index in [0.717, 1.165) is 17.1 Å². The van der Waals surface area contributed by atoms with Gasteiger partial charge >= 0.3 is 0 Å². The van der Waals surface area contributed by atoms with E-state index < -0.39 is 0 Å². The molecule has 23 heavy (non-hydrogen) atoms. The van der Waals surface area contributed by atoms with Crippen molar-refractivity contribution in [1.29, 1.82) is 0 Å². The number of amides is 1. The number of ether oxygens (including phenoxy) is 1. The van der Waals surface area contributed by atoms with Gasteiger partial charge in [-0.05, 0) is 32.2 Å². The Bertz CT molecular complexity index is 615. The van der Waals surface area contributed by atoms with Crippen molar-refractivity contribution < 1.29 is 9.53 Å². The summed E-state index contributed by atoms with van der Waals surface area (Å²) in [7, 11) is 1.83. The number of nitrogens with one attached hydrogen (secondary N) is 2. The lowest BCUT2D eigenvalue weighted by Gasteiger charge is -2.12. The molecular formula is C18H23ClN2O2. The average molecular weight is 335 g/mol. The number of hydrogen-bond acceptors (Lipinski definition) is 3. The van der Waals surface area contributed by atoms with Gasteiger partial charge in [0.2, 0.25) is 5.91 Å². The van der Waals surface area contributed by atoms with Gasteiger partial charge in [-0.1, -0.05) is 35.9 Å². The Kier molecular flexibility index (Phi) is 8.16. The molecule has 0 saturated carbocycles. The third-order valence-electron chi connectivity index (χ3n) is 3.30. The molecule has 0 radical (unpaired) electrons. The smallest absolute Gasteiger partial charge is 0.221 e. The molecule has 1 amide bonds. The van der Waals surface area contributed by atoms with E-state index in [2.05, 4.69) is 10.6 Å². The zero-order valence-electron chi connectivity index (χ0n) is 13.5. The second kappa shape index (κ2) is 9.87. The van der Waals surface area contributed by atoms with Crippen LogP contribution in [0.4, 0.5) is 0 Å². The molecule has 0 unspecified atom stereocenters. The second-order valence-electron chi connectivity index (χ2n) is 5.15. The number of aryl methyl sites for hydroxylation is 1. The zero-order chi connectivity index (χ0) is 15.8. The molecule has 0 heterocycles. The molecular weight excluding hydrogens is 312 g/mol. The van der Waals surface area contributed by atoms with Gasteiger partial charge in [0.05, 0.1) is 0 Å². The minimum Gasteiger partial charge on any atom is -0.457 e. The summed E-state index contributed by atoms with van der Waals surface area (Å²) in [5.74, 6) is 1.58. The molecule has 0 aliphatic carbocycles. The van der Waals surface area contributed by atoms with Crippen LogP contribution in [0.5, 0.6) is 11.5 Å². The maximum atomic E-state index is 11.7. The van der Waals surface area contributed by atoms with Crippen LogP contribution in [0.3, 0.4) is 0 Å². The molecule has 0 spiro atoms. The molecule has 124 valence electrons. The third-order valence-corrected chi connectivity index (χ3v) is 3.30. The summed E-state index contributed by atoms with van der Waals surface area (Å²) in [6.07, 6.45) is 0.470. The van der Waals surface area contributed by atoms with Gasteiger partial charge in [-0.15, -0.1) is 12.4 Å². The molecule has 0 bridgehead atoms. The van der Waals surface area contributed by atoms with Crippen LogP contribution in [-0.4, -0.2) is 19.5 Å². The summed E-state index contributed by atoms with van der Waals surface area (Å²) in [6.45, 7) is 3.18. The maximum Gasteiger partial charge on any atom is 0.221 e. The molecule has 2 aromatic rings. The number of benzene rings is 2. The van der Waals surface area contributed by atoms with Gasteiger partial charge < -0.3 is 15.4 Å². The Morgan fingerprint density at radius 2 is 1.78 bits per heavy atom. The molecule has 2 rings (SSSR count). The van der Waals surface area contributed by atoms with Crippen LogP contribution in [-0.2, 0) is 11.3 Å². The molecule has 0 saturated heterocycles. The molecule has 0 fully saturated rings. The first-order valence-corrected chi connectivity index (χ1v) is 7.43. The minimum atomic E-state index is 0. The molecule has 0 aromatic heterocycles. The van der Waals surface area contributed by atoms with Crippen molar-refractivity contribution in [2.45, 2.75) is 19.9 Å². The lowest BCUT2D eigenvalue weighted by molar-refractivity contribution is -0.121. The standard InChI is InChI=1S/C18H22N2O2.ClH/c1-14-7-9-16(10-8-14)22-17-6-4-3-5-15(17)13-20-18(21)11-12-19-2;/h3-10,19H,11-13H2,1-2H3,(H,20,21);1H. The fraction of sp³-hybridized carbons (Fsp3) is 0.278. The van der Waals surface area contributed by atoms with E-state index in [9.17, 15) is 4.79 Å². The summed E-state index contributed by atoms with van der Waals surface area (Å²) < 4.78 is 5.91. The Labute approximate surface area is 143 Å². The highest BCUT2D eigenvalue weighted by Crippen LogP contribution is 2.25. The van der Waals surface area contributed by atoms with Gasteiger partial charge in [-0.2, -0.15) is 0 Å². The predicted molar refractivity (Wildman–Crippen MR) is 95.3 cm³/mol. The van der Waals surface area contributed by atoms with Crippen LogP contribution in [0.15, 0.2) is 48.5 Å². The lowest BCUT2D eigenvalue weighted by Crippen LogP contribution is -2.26. The van der Waals surface area contributed by atoms with Crippen molar-refractivity contribution >= 4 is 18.3 Å². The van der Waals surface area contributed by atoms with E-state index in [1.54, 1.807) is 0 Å². The first-order chi connectivity index (χ1) is 10.7. The largest absolute Gasteiger partial charge is 0.457 e. The molecule has 0 aliphatic rings. The predicted octanol–water partition coefficient (Wildman–Crippen LogP) is 3.43. The van der Waals surface area contributed by atoms with Crippen molar-refractivity contribution in [2.24, 2.45) is 0 Å². The molecule has 0 aliphatic heterocycles. The second-order valence-corrected chi connectivity index (χ2v) is 5.15. The van der Waals surface area contributed by atoms with Gasteiger partial charge in [0.25, 0.3) is 0 Å². The van der Waals surface area contributed by atoms with Crippen LogP contribution in [0.1, 0.15) is 17.5 Å². The Morgan fingerprint density at radius 3 is 2.48 bits per heavy atom. The summed E-state index contributed by atoms with van der Waals surface area (Å²) >= 11 is 0. The number of carbonyl (C=O) groups excluding carboxylic acids is 1. The molecule has 2 aromatic carbocycles. The van der Waals surface area contributed by atoms with Gasteiger partial charge in [0.15, 0.2) is 0 Å². The molecule has 5 heteroatoms. The summed E-state index contributed by atoms with van der Waals surface area (Å²) in [5, 5.41) is 5.87.